The Morgan fingerprint density at radius 2 is 1.82 bits per heavy atom. The monoisotopic (exact) mass is 612 g/mol. The number of methoxy groups -OCH3 is 1. The Hall–Kier alpha value is -3.86. The molecule has 4 atom stereocenters. The molecule has 10 heteroatoms. The predicted octanol–water partition coefficient (Wildman–Crippen LogP) is 5.78. The average molecular weight is 613 g/mol. The summed E-state index contributed by atoms with van der Waals surface area (Å²) in [6.07, 6.45) is 3.42. The number of amidine groups is 1. The number of aliphatic hydroxyl groups is 1. The fourth-order valence-electron chi connectivity index (χ4n) is 6.70. The molecule has 3 aliphatic rings. The first-order chi connectivity index (χ1) is 21.4. The van der Waals surface area contributed by atoms with Gasteiger partial charge in [-0.15, -0.1) is 11.3 Å². The van der Waals surface area contributed by atoms with Crippen LogP contribution in [-0.4, -0.2) is 60.1 Å². The van der Waals surface area contributed by atoms with E-state index in [-0.39, 0.29) is 23.8 Å². The van der Waals surface area contributed by atoms with Gasteiger partial charge in [0.25, 0.3) is 5.56 Å². The van der Waals surface area contributed by atoms with Crippen LogP contribution in [0.5, 0.6) is 5.75 Å². The summed E-state index contributed by atoms with van der Waals surface area (Å²) in [5, 5.41) is 22.4. The molecule has 1 aliphatic carbocycles. The van der Waals surface area contributed by atoms with Crippen molar-refractivity contribution in [1.29, 1.82) is 0 Å². The summed E-state index contributed by atoms with van der Waals surface area (Å²) in [5.41, 5.74) is 4.54. The molecule has 2 aliphatic heterocycles. The number of hydrogen-bond acceptors (Lipinski definition) is 8. The molecule has 1 saturated heterocycles. The summed E-state index contributed by atoms with van der Waals surface area (Å²) < 4.78 is 13.1. The Morgan fingerprint density at radius 1 is 1.05 bits per heavy atom. The lowest BCUT2D eigenvalue weighted by Gasteiger charge is -2.36. The summed E-state index contributed by atoms with van der Waals surface area (Å²) in [6, 6.07) is 15.8. The van der Waals surface area contributed by atoms with E-state index in [4.69, 9.17) is 19.8 Å². The van der Waals surface area contributed by atoms with Crippen molar-refractivity contribution in [1.82, 2.24) is 9.88 Å². The maximum absolute atomic E-state index is 14.6. The van der Waals surface area contributed by atoms with E-state index in [0.717, 1.165) is 77.4 Å². The number of ether oxygens (including phenoxy) is 2. The summed E-state index contributed by atoms with van der Waals surface area (Å²) in [6.45, 7) is 6.20. The molecule has 1 radical (unpaired) electrons. The number of nitrogens with one attached hydrogen (secondary N) is 1. The molecule has 9 nitrogen and oxygen atoms in total. The Balaban J connectivity index is 1.32. The normalized spacial score (nSPS) is 23.3. The van der Waals surface area contributed by atoms with Gasteiger partial charge in [-0.1, -0.05) is 25.0 Å². The number of fused-ring (bicyclic) bond motifs is 2. The van der Waals surface area contributed by atoms with Crippen molar-refractivity contribution in [2.24, 2.45) is 4.99 Å². The van der Waals surface area contributed by atoms with Crippen LogP contribution < -0.4 is 25.8 Å². The standard InChI is InChI=1S/C34H38N5O4S/c1-20-17-38(18-21(2)43-20)23-10-13-26-28(16-23)37-32(36-26)30-31(35-27-6-4-5-7-29(27)40)25-14-15-44-34(25)39(33(30)41)19-22-8-11-24(42-3)12-9-22/h8-16,20-21,27,29,35,40H,4-7,17-19H2,1-3H3/t20-,21+,27-,29+/m0/s1. The molecule has 7 rings (SSSR count). The van der Waals surface area contributed by atoms with E-state index in [0.29, 0.717) is 23.6 Å². The minimum absolute atomic E-state index is 0.140. The topological polar surface area (TPSA) is 102 Å². The zero-order valence-electron chi connectivity index (χ0n) is 25.3. The van der Waals surface area contributed by atoms with E-state index in [1.165, 1.54) is 11.3 Å². The second-order valence-electron chi connectivity index (χ2n) is 12.1. The number of morpholine rings is 1. The van der Waals surface area contributed by atoms with E-state index in [1.54, 1.807) is 7.11 Å². The number of aliphatic imine (C=N–C) groups is 1. The maximum atomic E-state index is 14.6. The van der Waals surface area contributed by atoms with Crippen molar-refractivity contribution in [2.45, 2.75) is 70.4 Å². The van der Waals surface area contributed by atoms with Crippen LogP contribution in [0.15, 0.2) is 63.7 Å². The van der Waals surface area contributed by atoms with Crippen molar-refractivity contribution in [3.05, 3.63) is 75.4 Å². The van der Waals surface area contributed by atoms with E-state index in [2.05, 4.69) is 36.2 Å². The Morgan fingerprint density at radius 3 is 2.57 bits per heavy atom. The first kappa shape index (κ1) is 28.9. The van der Waals surface area contributed by atoms with E-state index in [1.807, 2.05) is 46.3 Å². The van der Waals surface area contributed by atoms with Gasteiger partial charge in [0.1, 0.15) is 16.1 Å². The minimum atomic E-state index is -0.479. The highest BCUT2D eigenvalue weighted by molar-refractivity contribution is 7.16. The zero-order chi connectivity index (χ0) is 30.4. The van der Waals surface area contributed by atoms with Gasteiger partial charge in [-0.2, -0.15) is 0 Å². The van der Waals surface area contributed by atoms with Crippen LogP contribution in [0.25, 0.3) is 10.2 Å². The fraction of sp³-hybridized carbons (Fsp3) is 0.412. The van der Waals surface area contributed by atoms with Gasteiger partial charge in [0, 0.05) is 24.2 Å². The summed E-state index contributed by atoms with van der Waals surface area (Å²) >= 11 is 1.54. The predicted molar refractivity (Wildman–Crippen MR) is 177 cm³/mol. The Labute approximate surface area is 261 Å². The maximum Gasteiger partial charge on any atom is 0.265 e. The van der Waals surface area contributed by atoms with Crippen molar-refractivity contribution < 1.29 is 14.6 Å². The lowest BCUT2D eigenvalue weighted by molar-refractivity contribution is -0.00521. The SMILES string of the molecule is COc1ccc(Cn2c(=O)c(C3=Nc4cc(N5C[C@@H](C)O[C@@H](C)C5)ccc4[N]3)c(N[C@H]3CCCC[C@H]3O)c3ccsc32)cc1. The molecule has 2 aromatic heterocycles. The van der Waals surface area contributed by atoms with Crippen LogP contribution in [0.3, 0.4) is 0 Å². The van der Waals surface area contributed by atoms with Gasteiger partial charge in [0.15, 0.2) is 5.84 Å². The Kier molecular flexibility index (Phi) is 7.82. The van der Waals surface area contributed by atoms with Crippen molar-refractivity contribution in [3.63, 3.8) is 0 Å². The summed E-state index contributed by atoms with van der Waals surface area (Å²) in [5.74, 6) is 1.17. The second kappa shape index (κ2) is 11.9. The molecule has 4 aromatic rings. The fourth-order valence-corrected chi connectivity index (χ4v) is 7.60. The van der Waals surface area contributed by atoms with Gasteiger partial charge in [0.05, 0.1) is 55.1 Å². The van der Waals surface area contributed by atoms with E-state index in [9.17, 15) is 9.90 Å². The first-order valence-electron chi connectivity index (χ1n) is 15.4. The van der Waals surface area contributed by atoms with Gasteiger partial charge in [-0.3, -0.25) is 9.36 Å². The molecule has 229 valence electrons. The molecule has 0 bridgehead atoms. The molecule has 0 spiro atoms. The lowest BCUT2D eigenvalue weighted by Crippen LogP contribution is -2.45. The third kappa shape index (κ3) is 5.46. The first-order valence-corrected chi connectivity index (χ1v) is 16.3. The van der Waals surface area contributed by atoms with Crippen LogP contribution in [0.2, 0.25) is 0 Å². The molecule has 2 fully saturated rings. The highest BCUT2D eigenvalue weighted by Crippen LogP contribution is 2.39. The van der Waals surface area contributed by atoms with Gasteiger partial charge >= 0.3 is 0 Å². The van der Waals surface area contributed by atoms with E-state index < -0.39 is 6.10 Å². The number of hydrogen-bond donors (Lipinski definition) is 2. The van der Waals surface area contributed by atoms with Crippen LogP contribution in [-0.2, 0) is 11.3 Å². The van der Waals surface area contributed by atoms with Crippen LogP contribution in [0.4, 0.5) is 22.7 Å². The smallest absolute Gasteiger partial charge is 0.265 e. The molecule has 2 N–H and O–H groups in total. The second-order valence-corrected chi connectivity index (χ2v) is 13.0. The average Bonchev–Trinajstić information content (AvgIpc) is 3.67. The molecule has 0 unspecified atom stereocenters. The third-order valence-electron chi connectivity index (χ3n) is 8.85. The van der Waals surface area contributed by atoms with Crippen LogP contribution in [0.1, 0.15) is 50.7 Å². The van der Waals surface area contributed by atoms with Crippen molar-refractivity contribution >= 4 is 50.1 Å². The highest BCUT2D eigenvalue weighted by Gasteiger charge is 2.31. The molecule has 44 heavy (non-hydrogen) atoms. The van der Waals surface area contributed by atoms with E-state index >= 15 is 0 Å². The number of benzene rings is 2. The highest BCUT2D eigenvalue weighted by atomic mass is 32.1. The van der Waals surface area contributed by atoms with Gasteiger partial charge in [-0.05, 0) is 74.0 Å². The van der Waals surface area contributed by atoms with Crippen molar-refractivity contribution in [3.8, 4) is 5.75 Å². The minimum Gasteiger partial charge on any atom is -0.497 e. The molecule has 0 amide bonds. The van der Waals surface area contributed by atoms with Gasteiger partial charge in [-0.25, -0.2) is 10.3 Å². The number of aromatic nitrogens is 1. The van der Waals surface area contributed by atoms with Crippen LogP contribution in [0, 0.1) is 0 Å². The Bertz CT molecular complexity index is 1750. The number of thiophene rings is 1. The molecule has 4 heterocycles. The lowest BCUT2D eigenvalue weighted by atomic mass is 9.92. The van der Waals surface area contributed by atoms with Gasteiger partial charge < -0.3 is 24.8 Å². The molecular weight excluding hydrogens is 574 g/mol. The van der Waals surface area contributed by atoms with Gasteiger partial charge in [0.2, 0.25) is 0 Å². The molecular formula is C34H38N5O4S. The zero-order valence-corrected chi connectivity index (χ0v) is 26.1. The third-order valence-corrected chi connectivity index (χ3v) is 9.78. The van der Waals surface area contributed by atoms with Crippen LogP contribution >= 0.6 is 11.3 Å². The largest absolute Gasteiger partial charge is 0.497 e. The van der Waals surface area contributed by atoms with Crippen molar-refractivity contribution in [2.75, 3.05) is 30.4 Å². The number of pyridine rings is 1. The number of rotatable bonds is 7. The number of anilines is 2. The summed E-state index contributed by atoms with van der Waals surface area (Å²) in [4.78, 5) is 22.7. The summed E-state index contributed by atoms with van der Waals surface area (Å²) in [7, 11) is 1.64. The quantitative estimate of drug-likeness (QED) is 0.275. The molecule has 2 aromatic carbocycles. The number of aliphatic hydroxyl groups excluding tert-OH is 1. The number of nitrogens with zero attached hydrogens (tertiary/aromatic N) is 4. The molecule has 1 saturated carbocycles.